The van der Waals surface area contributed by atoms with E-state index >= 15 is 0 Å². The van der Waals surface area contributed by atoms with E-state index in [1.165, 1.54) is 12.8 Å². The number of amides is 2. The zero-order valence-electron chi connectivity index (χ0n) is 21.6. The number of carbonyl (C=O) groups excluding carboxylic acids is 1. The molecule has 37 heavy (non-hydrogen) atoms. The second kappa shape index (κ2) is 12.4. The molecule has 0 unspecified atom stereocenters. The van der Waals surface area contributed by atoms with E-state index in [4.69, 9.17) is 9.63 Å². The normalized spacial score (nSPS) is 13.4. The molecule has 1 aliphatic carbocycles. The summed E-state index contributed by atoms with van der Waals surface area (Å²) in [5, 5.41) is 23.2. The Labute approximate surface area is 215 Å². The van der Waals surface area contributed by atoms with Gasteiger partial charge in [0.05, 0.1) is 35.7 Å². The summed E-state index contributed by atoms with van der Waals surface area (Å²) in [5.74, 6) is 1.25. The molecule has 196 valence electrons. The monoisotopic (exact) mass is 506 g/mol. The molecular formula is C26H34N8O3. The van der Waals surface area contributed by atoms with Crippen LogP contribution in [0, 0.1) is 6.92 Å². The van der Waals surface area contributed by atoms with Gasteiger partial charge in [-0.2, -0.15) is 10.1 Å². The second-order valence-electron chi connectivity index (χ2n) is 8.80. The molecule has 0 aromatic carbocycles. The minimum Gasteiger partial charge on any atom is -0.396 e. The van der Waals surface area contributed by atoms with Gasteiger partial charge in [-0.25, -0.2) is 14.3 Å². The summed E-state index contributed by atoms with van der Waals surface area (Å²) in [4.78, 5) is 26.1. The van der Waals surface area contributed by atoms with Crippen molar-refractivity contribution in [1.29, 1.82) is 0 Å². The maximum absolute atomic E-state index is 12.9. The molecule has 5 rings (SSSR count). The third-order valence-corrected chi connectivity index (χ3v) is 6.26. The number of hydrogen-bond donors (Lipinski definition) is 3. The van der Waals surface area contributed by atoms with Crippen molar-refractivity contribution in [2.24, 2.45) is 0 Å². The molecule has 0 saturated heterocycles. The Morgan fingerprint density at radius 1 is 1.16 bits per heavy atom. The van der Waals surface area contributed by atoms with E-state index < -0.39 is 0 Å². The molecule has 1 saturated carbocycles. The molecule has 0 atom stereocenters. The number of aliphatic hydroxyl groups excluding tert-OH is 1. The van der Waals surface area contributed by atoms with Crippen molar-refractivity contribution in [3.63, 3.8) is 0 Å². The summed E-state index contributed by atoms with van der Waals surface area (Å²) in [6.07, 6.45) is 11.5. The van der Waals surface area contributed by atoms with Crippen molar-refractivity contribution in [2.75, 3.05) is 17.2 Å². The Kier molecular flexibility index (Phi) is 8.78. The minimum absolute atomic E-state index is 0.139. The van der Waals surface area contributed by atoms with Crippen LogP contribution in [0.15, 0.2) is 35.2 Å². The van der Waals surface area contributed by atoms with Gasteiger partial charge >= 0.3 is 6.03 Å². The maximum atomic E-state index is 12.9. The highest BCUT2D eigenvalue weighted by molar-refractivity contribution is 6.00. The van der Waals surface area contributed by atoms with Gasteiger partial charge in [0.1, 0.15) is 5.69 Å². The fourth-order valence-electron chi connectivity index (χ4n) is 4.58. The van der Waals surface area contributed by atoms with Gasteiger partial charge < -0.3 is 20.3 Å². The number of carbonyl (C=O) groups is 1. The number of fused-ring (bicyclic) bond motifs is 1. The third kappa shape index (κ3) is 6.11. The number of hydrogen-bond acceptors (Lipinski definition) is 8. The average molecular weight is 507 g/mol. The summed E-state index contributed by atoms with van der Waals surface area (Å²) in [5.41, 5.74) is 4.36. The third-order valence-electron chi connectivity index (χ3n) is 6.26. The zero-order valence-corrected chi connectivity index (χ0v) is 21.6. The van der Waals surface area contributed by atoms with Gasteiger partial charge in [0.2, 0.25) is 11.7 Å². The summed E-state index contributed by atoms with van der Waals surface area (Å²) in [6.45, 7) is 6.01. The van der Waals surface area contributed by atoms with E-state index in [-0.39, 0.29) is 12.6 Å². The molecule has 11 heteroatoms. The molecule has 0 bridgehead atoms. The minimum atomic E-state index is -0.378. The van der Waals surface area contributed by atoms with Gasteiger partial charge in [0, 0.05) is 25.0 Å². The van der Waals surface area contributed by atoms with E-state index in [2.05, 4.69) is 35.8 Å². The van der Waals surface area contributed by atoms with E-state index in [0.717, 1.165) is 36.2 Å². The van der Waals surface area contributed by atoms with Crippen LogP contribution in [-0.4, -0.2) is 47.5 Å². The number of aliphatic hydroxyl groups is 1. The van der Waals surface area contributed by atoms with Crippen molar-refractivity contribution >= 4 is 23.1 Å². The molecule has 0 spiro atoms. The highest BCUT2D eigenvalue weighted by atomic mass is 16.5. The van der Waals surface area contributed by atoms with Crippen LogP contribution < -0.4 is 10.6 Å². The number of anilines is 2. The Morgan fingerprint density at radius 3 is 2.73 bits per heavy atom. The van der Waals surface area contributed by atoms with Gasteiger partial charge in [0.15, 0.2) is 5.65 Å². The molecule has 1 aliphatic rings. The van der Waals surface area contributed by atoms with Gasteiger partial charge in [-0.05, 0) is 44.2 Å². The SMILES string of the molecule is CC.Cc1cc(NC(=O)Nc2cnc3ccnn3c2C2CCCC2)cnc1-c1noc(CCCCO)n1. The number of aromatic nitrogens is 6. The zero-order chi connectivity index (χ0) is 26.2. The first-order chi connectivity index (χ1) is 18.1. The molecule has 0 radical (unpaired) electrons. The lowest BCUT2D eigenvalue weighted by Crippen LogP contribution is -2.22. The van der Waals surface area contributed by atoms with Crippen LogP contribution in [0.1, 0.15) is 75.4 Å². The lowest BCUT2D eigenvalue weighted by Gasteiger charge is -2.17. The fourth-order valence-corrected chi connectivity index (χ4v) is 4.58. The largest absolute Gasteiger partial charge is 0.396 e. The first kappa shape index (κ1) is 26.2. The van der Waals surface area contributed by atoms with Crippen molar-refractivity contribution < 1.29 is 14.4 Å². The number of urea groups is 1. The highest BCUT2D eigenvalue weighted by Gasteiger charge is 2.24. The van der Waals surface area contributed by atoms with Crippen molar-refractivity contribution in [3.8, 4) is 11.5 Å². The van der Waals surface area contributed by atoms with Crippen LogP contribution >= 0.6 is 0 Å². The lowest BCUT2D eigenvalue weighted by molar-refractivity contribution is 0.262. The van der Waals surface area contributed by atoms with Crippen molar-refractivity contribution in [2.45, 2.75) is 71.6 Å². The molecule has 1 fully saturated rings. The number of aryl methyl sites for hydroxylation is 2. The molecule has 4 aromatic heterocycles. The van der Waals surface area contributed by atoms with Crippen LogP contribution in [0.2, 0.25) is 0 Å². The number of nitrogens with one attached hydrogen (secondary N) is 2. The van der Waals surface area contributed by atoms with Crippen molar-refractivity contribution in [3.05, 3.63) is 47.9 Å². The first-order valence-electron chi connectivity index (χ1n) is 12.9. The van der Waals surface area contributed by atoms with E-state index in [1.807, 2.05) is 37.4 Å². The summed E-state index contributed by atoms with van der Waals surface area (Å²) >= 11 is 0. The van der Waals surface area contributed by atoms with Crippen LogP contribution in [0.25, 0.3) is 17.2 Å². The topological polar surface area (TPSA) is 143 Å². The number of rotatable bonds is 8. The van der Waals surface area contributed by atoms with Crippen LogP contribution in [0.5, 0.6) is 0 Å². The predicted octanol–water partition coefficient (Wildman–Crippen LogP) is 5.13. The summed E-state index contributed by atoms with van der Waals surface area (Å²) in [6, 6.07) is 3.30. The van der Waals surface area contributed by atoms with Crippen LogP contribution in [-0.2, 0) is 6.42 Å². The Balaban J connectivity index is 0.00000156. The summed E-state index contributed by atoms with van der Waals surface area (Å²) in [7, 11) is 0. The lowest BCUT2D eigenvalue weighted by atomic mass is 10.0. The highest BCUT2D eigenvalue weighted by Crippen LogP contribution is 2.37. The fraction of sp³-hybridized carbons (Fsp3) is 0.462. The molecule has 2 amide bonds. The maximum Gasteiger partial charge on any atom is 0.323 e. The number of nitrogens with zero attached hydrogens (tertiary/aromatic N) is 6. The molecule has 0 aliphatic heterocycles. The Bertz CT molecular complexity index is 1330. The predicted molar refractivity (Wildman–Crippen MR) is 140 cm³/mol. The van der Waals surface area contributed by atoms with Crippen LogP contribution in [0.3, 0.4) is 0 Å². The van der Waals surface area contributed by atoms with Crippen molar-refractivity contribution in [1.82, 2.24) is 29.7 Å². The first-order valence-corrected chi connectivity index (χ1v) is 12.9. The molecule has 4 heterocycles. The quantitative estimate of drug-likeness (QED) is 0.279. The Hall–Kier alpha value is -3.86. The number of unbranched alkanes of at least 4 members (excludes halogenated alkanes) is 1. The van der Waals surface area contributed by atoms with Gasteiger partial charge in [-0.15, -0.1) is 0 Å². The second-order valence-corrected chi connectivity index (χ2v) is 8.80. The van der Waals surface area contributed by atoms with E-state index in [0.29, 0.717) is 47.5 Å². The van der Waals surface area contributed by atoms with Gasteiger partial charge in [0.25, 0.3) is 0 Å². The van der Waals surface area contributed by atoms with Gasteiger partial charge in [-0.1, -0.05) is 31.8 Å². The van der Waals surface area contributed by atoms with Gasteiger partial charge in [-0.3, -0.25) is 4.98 Å². The molecule has 4 aromatic rings. The number of pyridine rings is 1. The molecule has 3 N–H and O–H groups in total. The standard InChI is InChI=1S/C24H28N8O3.C2H6/c1-15-12-17(13-26-21(15)23-30-20(35-31-23)8-4-5-11-33)28-24(34)29-18-14-25-19-9-10-27-32(19)22(18)16-6-2-3-7-16;1-2/h9-10,12-14,16,33H,2-8,11H2,1H3,(H2,28,29,34);1-2H3. The Morgan fingerprint density at radius 2 is 1.97 bits per heavy atom. The molecule has 11 nitrogen and oxygen atoms in total. The van der Waals surface area contributed by atoms with E-state index in [9.17, 15) is 4.79 Å². The average Bonchev–Trinajstić information content (AvgIpc) is 3.68. The smallest absolute Gasteiger partial charge is 0.323 e. The van der Waals surface area contributed by atoms with E-state index in [1.54, 1.807) is 18.6 Å². The molecular weight excluding hydrogens is 472 g/mol. The summed E-state index contributed by atoms with van der Waals surface area (Å²) < 4.78 is 7.11. The van der Waals surface area contributed by atoms with Crippen LogP contribution in [0.4, 0.5) is 16.2 Å².